The van der Waals surface area contributed by atoms with Gasteiger partial charge in [0.05, 0.1) is 33.1 Å². The van der Waals surface area contributed by atoms with Gasteiger partial charge >= 0.3 is 0 Å². The van der Waals surface area contributed by atoms with Gasteiger partial charge in [-0.05, 0) is 216 Å². The molecule has 0 saturated carbocycles. The summed E-state index contributed by atoms with van der Waals surface area (Å²) in [6.45, 7) is 4.22. The molecule has 514 valence electrons. The number of imidazole rings is 2. The first kappa shape index (κ1) is 65.7. The van der Waals surface area contributed by atoms with Gasteiger partial charge in [-0.25, -0.2) is 9.97 Å². The fourth-order valence-electron chi connectivity index (χ4n) is 14.5. The number of ether oxygens (including phenoxy) is 2. The Morgan fingerprint density at radius 1 is 0.213 bits per heavy atom. The lowest BCUT2D eigenvalue weighted by Gasteiger charge is -2.26. The number of aryl methyl sites for hydroxylation is 2. The molecule has 19 aromatic rings. The van der Waals surface area contributed by atoms with Gasteiger partial charge in [-0.2, -0.15) is 0 Å². The van der Waals surface area contributed by atoms with Crippen molar-refractivity contribution in [3.63, 3.8) is 0 Å². The van der Waals surface area contributed by atoms with Crippen molar-refractivity contribution in [2.24, 2.45) is 0 Å². The molecule has 0 amide bonds. The second-order valence-electron chi connectivity index (χ2n) is 27.1. The largest absolute Gasteiger partial charge is 0.457 e. The van der Waals surface area contributed by atoms with Gasteiger partial charge in [0, 0.05) is 56.0 Å². The Hall–Kier alpha value is -14.3. The zero-order valence-corrected chi connectivity index (χ0v) is 59.6. The van der Waals surface area contributed by atoms with Crippen LogP contribution in [0.4, 0.5) is 17.1 Å². The van der Waals surface area contributed by atoms with Crippen LogP contribution >= 0.6 is 0 Å². The molecule has 108 heavy (non-hydrogen) atoms. The Morgan fingerprint density at radius 3 is 0.806 bits per heavy atom. The molecule has 0 fully saturated rings. The summed E-state index contributed by atoms with van der Waals surface area (Å²) in [5.74, 6) is 5.05. The van der Waals surface area contributed by atoms with E-state index in [0.717, 1.165) is 135 Å². The number of hydrogen-bond donors (Lipinski definition) is 0. The Labute approximate surface area is 627 Å². The molecule has 0 aliphatic carbocycles. The summed E-state index contributed by atoms with van der Waals surface area (Å²) in [5, 5.41) is 2.51. The molecule has 0 aliphatic rings. The van der Waals surface area contributed by atoms with E-state index in [1.54, 1.807) is 0 Å². The van der Waals surface area contributed by atoms with E-state index in [-0.39, 0.29) is 0 Å². The highest BCUT2D eigenvalue weighted by Gasteiger charge is 2.19. The van der Waals surface area contributed by atoms with Crippen molar-refractivity contribution in [2.45, 2.75) is 13.8 Å². The lowest BCUT2D eigenvalue weighted by Crippen LogP contribution is -2.09. The molecule has 16 aromatic carbocycles. The maximum absolute atomic E-state index is 6.29. The summed E-state index contributed by atoms with van der Waals surface area (Å²) >= 11 is 0. The monoisotopic (exact) mass is 1390 g/mol. The normalized spacial score (nSPS) is 11.2. The molecule has 0 N–H and O–H groups in total. The molecule has 19 rings (SSSR count). The van der Waals surface area contributed by atoms with Crippen LogP contribution in [0.25, 0.3) is 128 Å². The molecule has 0 bridgehead atoms. The first-order valence-corrected chi connectivity index (χ1v) is 36.5. The number of hydrogen-bond acceptors (Lipinski definition) is 5. The molecule has 3 heterocycles. The number of para-hydroxylation sites is 8. The van der Waals surface area contributed by atoms with E-state index >= 15 is 0 Å². The minimum atomic E-state index is 0.789. The Balaban J connectivity index is 0.000000152. The maximum atomic E-state index is 6.29. The van der Waals surface area contributed by atoms with Crippen LogP contribution in [0.2, 0.25) is 0 Å². The van der Waals surface area contributed by atoms with Crippen LogP contribution in [0.3, 0.4) is 0 Å². The van der Waals surface area contributed by atoms with Crippen molar-refractivity contribution in [3.05, 3.63) is 412 Å². The lowest BCUT2D eigenvalue weighted by atomic mass is 9.99. The predicted molar refractivity (Wildman–Crippen MR) is 446 cm³/mol. The van der Waals surface area contributed by atoms with Crippen LogP contribution in [0.1, 0.15) is 11.1 Å². The maximum Gasteiger partial charge on any atom is 0.145 e. The van der Waals surface area contributed by atoms with Crippen LogP contribution in [0.15, 0.2) is 400 Å². The lowest BCUT2D eigenvalue weighted by molar-refractivity contribution is 0.482. The Morgan fingerprint density at radius 2 is 0.463 bits per heavy atom. The standard InChI is InChI=1S/C51H39N3O.C49H33N3O/c1-36-12-26-44(27-13-36)53(45-28-14-37(2)15-29-45)46-30-34-48(35-31-46)55-47-32-24-41(25-33-47)39-18-16-38(17-19-39)40-20-22-42(23-21-40)51-52-49-10-6-7-11-50(49)54(51)43-8-4-3-5-9-43;1-2-10-39(11-3-1)52-48-17-9-6-14-45(48)50-49(52)38-24-22-36(23-25-38)34-18-20-35(21-19-34)37-26-30-41(31-27-37)53-42-32-28-40(29-33-42)51-46-15-7-4-12-43(46)44-13-5-8-16-47(44)51/h3-35H,1-2H3;1-33H. The van der Waals surface area contributed by atoms with E-state index in [2.05, 4.69) is 360 Å². The van der Waals surface area contributed by atoms with Gasteiger partial charge in [-0.3, -0.25) is 9.13 Å². The number of nitrogens with zero attached hydrogens (tertiary/aromatic N) is 6. The molecule has 0 aliphatic heterocycles. The third kappa shape index (κ3) is 13.3. The van der Waals surface area contributed by atoms with Crippen molar-refractivity contribution in [1.29, 1.82) is 0 Å². The fraction of sp³-hybridized carbons (Fsp3) is 0.0200. The molecule has 8 heteroatoms. The second kappa shape index (κ2) is 29.1. The highest BCUT2D eigenvalue weighted by atomic mass is 16.5. The van der Waals surface area contributed by atoms with Crippen LogP contribution in [0.5, 0.6) is 23.0 Å². The van der Waals surface area contributed by atoms with E-state index in [0.29, 0.717) is 0 Å². The SMILES string of the molecule is Cc1ccc(N(c2ccc(C)cc2)c2ccc(Oc3ccc(-c4ccc(-c5ccc(-c6nc7ccccc7n6-c6ccccc6)cc5)cc4)cc3)cc2)cc1.c1ccc(-n2c(-c3ccc(-c4ccc(-c5ccc(Oc6ccc(-n7c8ccccc8c8ccccc87)cc6)cc5)cc4)cc3)nc3ccccc32)cc1. The molecule has 3 aromatic heterocycles. The molecule has 0 saturated heterocycles. The zero-order valence-electron chi connectivity index (χ0n) is 59.6. The topological polar surface area (TPSA) is 62.3 Å². The number of anilines is 3. The number of benzene rings is 16. The van der Waals surface area contributed by atoms with Crippen LogP contribution in [0, 0.1) is 13.8 Å². The van der Waals surface area contributed by atoms with Gasteiger partial charge in [0.2, 0.25) is 0 Å². The average Bonchev–Trinajstić information content (AvgIpc) is 1.59. The predicted octanol–water partition coefficient (Wildman–Crippen LogP) is 26.8. The average molecular weight is 1390 g/mol. The summed E-state index contributed by atoms with van der Waals surface area (Å²) < 4.78 is 19.3. The minimum absolute atomic E-state index is 0.789. The van der Waals surface area contributed by atoms with Crippen LogP contribution in [-0.4, -0.2) is 23.7 Å². The molecule has 0 spiro atoms. The van der Waals surface area contributed by atoms with E-state index in [1.165, 1.54) is 44.1 Å². The van der Waals surface area contributed by atoms with Crippen molar-refractivity contribution >= 4 is 60.9 Å². The minimum Gasteiger partial charge on any atom is -0.457 e. The first-order valence-electron chi connectivity index (χ1n) is 36.5. The molecule has 0 unspecified atom stereocenters. The quantitative estimate of drug-likeness (QED) is 0.0965. The third-order valence-corrected chi connectivity index (χ3v) is 20.1. The van der Waals surface area contributed by atoms with Gasteiger partial charge in [0.25, 0.3) is 0 Å². The van der Waals surface area contributed by atoms with Crippen molar-refractivity contribution in [2.75, 3.05) is 4.90 Å². The highest BCUT2D eigenvalue weighted by Crippen LogP contribution is 2.40. The van der Waals surface area contributed by atoms with Crippen molar-refractivity contribution in [1.82, 2.24) is 23.7 Å². The third-order valence-electron chi connectivity index (χ3n) is 20.1. The van der Waals surface area contributed by atoms with Crippen molar-refractivity contribution < 1.29 is 9.47 Å². The van der Waals surface area contributed by atoms with Gasteiger partial charge in [0.15, 0.2) is 0 Å². The zero-order chi connectivity index (χ0) is 72.3. The fourth-order valence-corrected chi connectivity index (χ4v) is 14.5. The summed E-state index contributed by atoms with van der Waals surface area (Å²) in [4.78, 5) is 12.3. The van der Waals surface area contributed by atoms with Gasteiger partial charge in [-0.1, -0.05) is 254 Å². The van der Waals surface area contributed by atoms with Gasteiger partial charge in [-0.15, -0.1) is 0 Å². The number of fused-ring (bicyclic) bond motifs is 5. The van der Waals surface area contributed by atoms with Crippen molar-refractivity contribution in [3.8, 4) is 107 Å². The summed E-state index contributed by atoms with van der Waals surface area (Å²) in [5.41, 5.74) is 27.0. The molecular weight excluding hydrogens is 1320 g/mol. The number of aromatic nitrogens is 5. The smallest absolute Gasteiger partial charge is 0.145 e. The van der Waals surface area contributed by atoms with Crippen LogP contribution < -0.4 is 14.4 Å². The molecule has 8 nitrogen and oxygen atoms in total. The summed E-state index contributed by atoms with van der Waals surface area (Å²) in [6.07, 6.45) is 0. The van der Waals surface area contributed by atoms with E-state index in [4.69, 9.17) is 19.4 Å². The highest BCUT2D eigenvalue weighted by molar-refractivity contribution is 6.09. The Bertz CT molecular complexity index is 6240. The first-order chi connectivity index (χ1) is 53.3. The molecule has 0 atom stereocenters. The Kier molecular flexibility index (Phi) is 17.7. The molecular formula is C100H72N6O2. The van der Waals surface area contributed by atoms with E-state index in [1.807, 2.05) is 72.8 Å². The summed E-state index contributed by atoms with van der Waals surface area (Å²) in [6, 6.07) is 140. The van der Waals surface area contributed by atoms with E-state index < -0.39 is 0 Å². The molecule has 0 radical (unpaired) electrons. The number of rotatable bonds is 16. The second-order valence-corrected chi connectivity index (χ2v) is 27.1. The van der Waals surface area contributed by atoms with Crippen LogP contribution in [-0.2, 0) is 0 Å². The summed E-state index contributed by atoms with van der Waals surface area (Å²) in [7, 11) is 0. The van der Waals surface area contributed by atoms with E-state index in [9.17, 15) is 0 Å². The van der Waals surface area contributed by atoms with Gasteiger partial charge < -0.3 is 18.9 Å². The van der Waals surface area contributed by atoms with Gasteiger partial charge in [0.1, 0.15) is 34.6 Å².